The zero-order valence-corrected chi connectivity index (χ0v) is 10.4. The van der Waals surface area contributed by atoms with Gasteiger partial charge in [-0.05, 0) is 35.9 Å². The second-order valence-electron chi connectivity index (χ2n) is 4.12. The van der Waals surface area contributed by atoms with Crippen LogP contribution in [0.25, 0.3) is 0 Å². The first-order valence-corrected chi connectivity index (χ1v) is 5.81. The van der Waals surface area contributed by atoms with Gasteiger partial charge in [0.15, 0.2) is 0 Å². The lowest BCUT2D eigenvalue weighted by atomic mass is 10.1. The van der Waals surface area contributed by atoms with Gasteiger partial charge >= 0.3 is 5.97 Å². The second kappa shape index (κ2) is 5.83. The first-order chi connectivity index (χ1) is 9.56. The van der Waals surface area contributed by atoms with Crippen LogP contribution in [-0.4, -0.2) is 27.1 Å². The summed E-state index contributed by atoms with van der Waals surface area (Å²) in [5.41, 5.74) is 0.831. The molecule has 0 unspecified atom stereocenters. The fourth-order valence-electron chi connectivity index (χ4n) is 1.65. The summed E-state index contributed by atoms with van der Waals surface area (Å²) in [5, 5.41) is 21.0. The number of carbonyl (C=O) groups excluding carboxylic acids is 1. The Hall–Kier alpha value is -2.89. The number of benzene rings is 1. The van der Waals surface area contributed by atoms with Crippen molar-refractivity contribution >= 4 is 17.6 Å². The van der Waals surface area contributed by atoms with Crippen molar-refractivity contribution in [2.45, 2.75) is 6.42 Å². The molecule has 2 rings (SSSR count). The summed E-state index contributed by atoms with van der Waals surface area (Å²) in [5.74, 6) is -1.67. The Morgan fingerprint density at radius 3 is 2.50 bits per heavy atom. The maximum absolute atomic E-state index is 11.8. The number of aromatic hydroxyl groups is 1. The Labute approximate surface area is 114 Å². The largest absolute Gasteiger partial charge is 0.506 e. The summed E-state index contributed by atoms with van der Waals surface area (Å²) >= 11 is 0. The molecular formula is C14H12N2O4. The van der Waals surface area contributed by atoms with Gasteiger partial charge in [-0.1, -0.05) is 0 Å². The van der Waals surface area contributed by atoms with Crippen molar-refractivity contribution in [1.29, 1.82) is 0 Å². The van der Waals surface area contributed by atoms with Crippen LogP contribution in [0.2, 0.25) is 0 Å². The second-order valence-corrected chi connectivity index (χ2v) is 4.12. The molecule has 0 spiro atoms. The van der Waals surface area contributed by atoms with Crippen LogP contribution in [0.1, 0.15) is 15.9 Å². The van der Waals surface area contributed by atoms with E-state index in [0.29, 0.717) is 0 Å². The molecule has 3 N–H and O–H groups in total. The molecule has 0 fully saturated rings. The van der Waals surface area contributed by atoms with Crippen LogP contribution in [0.15, 0.2) is 42.7 Å². The molecule has 1 aromatic carbocycles. The molecule has 0 atom stereocenters. The van der Waals surface area contributed by atoms with Crippen molar-refractivity contribution in [2.24, 2.45) is 0 Å². The first kappa shape index (κ1) is 13.5. The Kier molecular flexibility index (Phi) is 3.95. The molecular weight excluding hydrogens is 260 g/mol. The number of carboxylic acids is 1. The van der Waals surface area contributed by atoms with Gasteiger partial charge in [-0.2, -0.15) is 0 Å². The van der Waals surface area contributed by atoms with E-state index in [1.807, 2.05) is 0 Å². The van der Waals surface area contributed by atoms with Gasteiger partial charge < -0.3 is 15.5 Å². The number of phenolic OH excluding ortho intramolecular Hbond substituents is 1. The Balaban J connectivity index is 2.11. The molecule has 102 valence electrons. The summed E-state index contributed by atoms with van der Waals surface area (Å²) in [4.78, 5) is 26.5. The smallest absolute Gasteiger partial charge is 0.335 e. The number of pyridine rings is 1. The van der Waals surface area contributed by atoms with Gasteiger partial charge in [-0.3, -0.25) is 9.78 Å². The predicted molar refractivity (Wildman–Crippen MR) is 71.6 cm³/mol. The molecule has 0 saturated carbocycles. The van der Waals surface area contributed by atoms with E-state index < -0.39 is 5.97 Å². The van der Waals surface area contributed by atoms with Crippen LogP contribution in [0.4, 0.5) is 5.69 Å². The van der Waals surface area contributed by atoms with Crippen LogP contribution < -0.4 is 5.32 Å². The molecule has 1 heterocycles. The number of nitrogens with one attached hydrogen (secondary N) is 1. The molecule has 20 heavy (non-hydrogen) atoms. The highest BCUT2D eigenvalue weighted by atomic mass is 16.4. The number of anilines is 1. The molecule has 1 amide bonds. The summed E-state index contributed by atoms with van der Waals surface area (Å²) < 4.78 is 0. The van der Waals surface area contributed by atoms with Crippen LogP contribution in [0.3, 0.4) is 0 Å². The maximum Gasteiger partial charge on any atom is 0.335 e. The number of rotatable bonds is 4. The van der Waals surface area contributed by atoms with Crippen LogP contribution in [0, 0.1) is 0 Å². The fraction of sp³-hybridized carbons (Fsp3) is 0.0714. The Morgan fingerprint density at radius 1 is 1.15 bits per heavy atom. The molecule has 0 radical (unpaired) electrons. The number of carbonyl (C=O) groups is 2. The van der Waals surface area contributed by atoms with Crippen molar-refractivity contribution in [1.82, 2.24) is 4.98 Å². The number of hydrogen-bond donors (Lipinski definition) is 3. The van der Waals surface area contributed by atoms with Gasteiger partial charge in [0.05, 0.1) is 17.7 Å². The van der Waals surface area contributed by atoms with Crippen molar-refractivity contribution in [3.8, 4) is 5.75 Å². The standard InChI is InChI=1S/C14H12N2O4/c17-12-2-1-10(14(19)20)8-11(12)16-13(18)7-9-3-5-15-6-4-9/h1-6,8,17H,7H2,(H,16,18)(H,19,20). The number of phenols is 1. The third-order valence-corrected chi connectivity index (χ3v) is 2.63. The summed E-state index contributed by atoms with van der Waals surface area (Å²) in [6.45, 7) is 0. The van der Waals surface area contributed by atoms with E-state index in [0.717, 1.165) is 5.56 Å². The summed E-state index contributed by atoms with van der Waals surface area (Å²) in [6.07, 6.45) is 3.26. The normalized spacial score (nSPS) is 10.0. The molecule has 0 aliphatic carbocycles. The average Bonchev–Trinajstić information content (AvgIpc) is 2.42. The highest BCUT2D eigenvalue weighted by Gasteiger charge is 2.11. The monoisotopic (exact) mass is 272 g/mol. The third kappa shape index (κ3) is 3.32. The van der Waals surface area contributed by atoms with Gasteiger partial charge in [0.25, 0.3) is 0 Å². The minimum Gasteiger partial charge on any atom is -0.506 e. The molecule has 0 aliphatic rings. The Morgan fingerprint density at radius 2 is 1.85 bits per heavy atom. The van der Waals surface area contributed by atoms with Crippen molar-refractivity contribution < 1.29 is 19.8 Å². The number of nitrogens with zero attached hydrogens (tertiary/aromatic N) is 1. The van der Waals surface area contributed by atoms with Gasteiger partial charge in [-0.25, -0.2) is 4.79 Å². The minimum atomic E-state index is -1.13. The van der Waals surface area contributed by atoms with Crippen LogP contribution >= 0.6 is 0 Å². The molecule has 6 nitrogen and oxygen atoms in total. The van der Waals surface area contributed by atoms with Crippen LogP contribution in [0.5, 0.6) is 5.75 Å². The quantitative estimate of drug-likeness (QED) is 0.735. The van der Waals surface area contributed by atoms with E-state index in [9.17, 15) is 14.7 Å². The lowest BCUT2D eigenvalue weighted by molar-refractivity contribution is -0.115. The third-order valence-electron chi connectivity index (χ3n) is 2.63. The van der Waals surface area contributed by atoms with Gasteiger partial charge in [0, 0.05) is 12.4 Å². The van der Waals surface area contributed by atoms with E-state index >= 15 is 0 Å². The highest BCUT2D eigenvalue weighted by molar-refractivity contribution is 5.96. The zero-order valence-electron chi connectivity index (χ0n) is 10.4. The van der Waals surface area contributed by atoms with E-state index in [1.54, 1.807) is 24.5 Å². The molecule has 6 heteroatoms. The molecule has 0 aliphatic heterocycles. The molecule has 0 bridgehead atoms. The lowest BCUT2D eigenvalue weighted by Gasteiger charge is -2.08. The highest BCUT2D eigenvalue weighted by Crippen LogP contribution is 2.24. The minimum absolute atomic E-state index is 0.0120. The summed E-state index contributed by atoms with van der Waals surface area (Å²) in [7, 11) is 0. The van der Waals surface area contributed by atoms with E-state index in [-0.39, 0.29) is 29.3 Å². The van der Waals surface area contributed by atoms with E-state index in [1.165, 1.54) is 18.2 Å². The predicted octanol–water partition coefficient (Wildman–Crippen LogP) is 1.67. The van der Waals surface area contributed by atoms with Gasteiger partial charge in [0.2, 0.25) is 5.91 Å². The number of aromatic carboxylic acids is 1. The topological polar surface area (TPSA) is 99.5 Å². The number of carboxylic acid groups (broad SMARTS) is 1. The van der Waals surface area contributed by atoms with E-state index in [2.05, 4.69) is 10.3 Å². The Bertz CT molecular complexity index is 641. The molecule has 0 saturated heterocycles. The van der Waals surface area contributed by atoms with E-state index in [4.69, 9.17) is 5.11 Å². The summed E-state index contributed by atoms with van der Waals surface area (Å²) in [6, 6.07) is 7.10. The van der Waals surface area contributed by atoms with Crippen molar-refractivity contribution in [3.63, 3.8) is 0 Å². The first-order valence-electron chi connectivity index (χ1n) is 5.81. The number of amides is 1. The van der Waals surface area contributed by atoms with Crippen LogP contribution in [-0.2, 0) is 11.2 Å². The maximum atomic E-state index is 11.8. The van der Waals surface area contributed by atoms with Gasteiger partial charge in [-0.15, -0.1) is 0 Å². The van der Waals surface area contributed by atoms with Crippen molar-refractivity contribution in [2.75, 3.05) is 5.32 Å². The molecule has 2 aromatic rings. The van der Waals surface area contributed by atoms with Crippen molar-refractivity contribution in [3.05, 3.63) is 53.9 Å². The van der Waals surface area contributed by atoms with Gasteiger partial charge in [0.1, 0.15) is 5.75 Å². The number of hydrogen-bond acceptors (Lipinski definition) is 4. The zero-order chi connectivity index (χ0) is 14.5. The molecule has 1 aromatic heterocycles. The lowest BCUT2D eigenvalue weighted by Crippen LogP contribution is -2.15. The fourth-order valence-corrected chi connectivity index (χ4v) is 1.65. The average molecular weight is 272 g/mol. The SMILES string of the molecule is O=C(Cc1ccncc1)Nc1cc(C(=O)O)ccc1O. The number of aromatic nitrogens is 1.